The van der Waals surface area contributed by atoms with Crippen LogP contribution >= 0.6 is 0 Å². The van der Waals surface area contributed by atoms with E-state index in [1.165, 1.54) is 6.07 Å². The molecule has 1 N–H and O–H groups in total. The van der Waals surface area contributed by atoms with Crippen molar-refractivity contribution in [1.29, 1.82) is 0 Å². The molecule has 0 saturated carbocycles. The quantitative estimate of drug-likeness (QED) is 0.265. The Morgan fingerprint density at radius 3 is 2.76 bits per heavy atom. The lowest BCUT2D eigenvalue weighted by Crippen LogP contribution is -2.60. The van der Waals surface area contributed by atoms with Crippen molar-refractivity contribution in [3.8, 4) is 17.3 Å². The van der Waals surface area contributed by atoms with Gasteiger partial charge in [-0.25, -0.2) is 18.2 Å². The number of pyridine rings is 1. The van der Waals surface area contributed by atoms with E-state index in [1.54, 1.807) is 6.07 Å². The number of benzene rings is 2. The summed E-state index contributed by atoms with van der Waals surface area (Å²) in [6.45, 7) is 9.34. The van der Waals surface area contributed by atoms with Gasteiger partial charge in [0.1, 0.15) is 35.6 Å². The van der Waals surface area contributed by atoms with Gasteiger partial charge >= 0.3 is 6.01 Å². The number of ether oxygens (including phenoxy) is 1. The van der Waals surface area contributed by atoms with Crippen LogP contribution in [0, 0.1) is 17.6 Å². The van der Waals surface area contributed by atoms with Crippen LogP contribution in [0.1, 0.15) is 57.7 Å². The molecule has 3 saturated heterocycles. The number of piperazine rings is 1. The van der Waals surface area contributed by atoms with Gasteiger partial charge in [0.05, 0.1) is 16.6 Å². The molecule has 6 heterocycles. The first-order chi connectivity index (χ1) is 22.3. The van der Waals surface area contributed by atoms with Crippen molar-refractivity contribution in [2.75, 3.05) is 37.7 Å². The number of aryl methyl sites for hydroxylation is 1. The van der Waals surface area contributed by atoms with Crippen LogP contribution in [-0.4, -0.2) is 76.4 Å². The minimum absolute atomic E-state index is 0.103. The molecule has 0 amide bonds. The van der Waals surface area contributed by atoms with E-state index >= 15 is 8.78 Å². The van der Waals surface area contributed by atoms with Crippen molar-refractivity contribution < 1.29 is 17.9 Å². The zero-order chi connectivity index (χ0) is 31.7. The van der Waals surface area contributed by atoms with Gasteiger partial charge in [0.15, 0.2) is 5.82 Å². The first-order valence-corrected chi connectivity index (χ1v) is 16.9. The average Bonchev–Trinajstić information content (AvgIpc) is 3.55. The van der Waals surface area contributed by atoms with Gasteiger partial charge in [-0.2, -0.15) is 9.97 Å². The van der Waals surface area contributed by atoms with E-state index in [0.29, 0.717) is 60.1 Å². The first kappa shape index (κ1) is 29.9. The molecule has 2 aromatic heterocycles. The summed E-state index contributed by atoms with van der Waals surface area (Å²) < 4.78 is 53.2. The fourth-order valence-corrected chi connectivity index (χ4v) is 9.04. The molecule has 4 aliphatic heterocycles. The smallest absolute Gasteiger partial charge is 0.319 e. The SMILES string of the molecule is CCc1c(F)ccc2cccc(-c3nc4c5c(nc(OC[C@@]67CCCN6C[C@H](F)C7)nc5c3F)N3CCN[C@@H](CC)[C@@H]3[C@@H](C)C4)c12. The fourth-order valence-electron chi connectivity index (χ4n) is 9.04. The number of alkyl halides is 1. The van der Waals surface area contributed by atoms with Crippen LogP contribution in [0.5, 0.6) is 6.01 Å². The fraction of sp³-hybridized carbons (Fsp3) is 0.528. The number of hydrogen-bond donors (Lipinski definition) is 1. The van der Waals surface area contributed by atoms with Gasteiger partial charge in [-0.05, 0) is 67.0 Å². The van der Waals surface area contributed by atoms with E-state index in [2.05, 4.69) is 29.0 Å². The predicted molar refractivity (Wildman–Crippen MR) is 174 cm³/mol. The van der Waals surface area contributed by atoms with Gasteiger partial charge in [0, 0.05) is 43.7 Å². The molecule has 10 heteroatoms. The Morgan fingerprint density at radius 1 is 1.07 bits per heavy atom. The van der Waals surface area contributed by atoms with E-state index in [9.17, 15) is 4.39 Å². The van der Waals surface area contributed by atoms with Crippen LogP contribution in [0.2, 0.25) is 0 Å². The monoisotopic (exact) mass is 630 g/mol. The Bertz CT molecular complexity index is 1840. The Hall–Kier alpha value is -3.50. The molecule has 8 rings (SSSR count). The molecule has 3 fully saturated rings. The van der Waals surface area contributed by atoms with Crippen molar-refractivity contribution >= 4 is 27.5 Å². The van der Waals surface area contributed by atoms with Gasteiger partial charge < -0.3 is 15.0 Å². The van der Waals surface area contributed by atoms with E-state index in [1.807, 2.05) is 25.1 Å². The number of nitrogens with zero attached hydrogens (tertiary/aromatic N) is 5. The standard InChI is InChI=1S/C36H41F3N6O/c1-4-23-25(38)11-10-21-8-6-9-24(28(21)23)31-30(39)32-29-27(41-31)16-20(3)33-26(5-2)40-13-15-45(33)34(29)43-35(42-32)46-19-36-12-7-14-44(36)18-22(37)17-36/h6,8-11,20,22,26,33,40H,4-5,7,12-19H2,1-3H3/t20-,22+,26-,33-,36-/m0/s1. The van der Waals surface area contributed by atoms with Crippen LogP contribution in [0.3, 0.4) is 0 Å². The molecule has 7 nitrogen and oxygen atoms in total. The Labute approximate surface area is 267 Å². The summed E-state index contributed by atoms with van der Waals surface area (Å²) in [5.41, 5.74) is 1.78. The van der Waals surface area contributed by atoms with Crippen molar-refractivity contribution in [2.45, 2.75) is 83.1 Å². The number of rotatable bonds is 6. The molecule has 4 aliphatic rings. The second-order valence-electron chi connectivity index (χ2n) is 13.8. The lowest BCUT2D eigenvalue weighted by Gasteiger charge is -2.44. The second-order valence-corrected chi connectivity index (χ2v) is 13.8. The molecule has 2 aromatic carbocycles. The van der Waals surface area contributed by atoms with Crippen molar-refractivity contribution in [3.05, 3.63) is 53.2 Å². The molecular formula is C36H41F3N6O. The summed E-state index contributed by atoms with van der Waals surface area (Å²) in [6.07, 6.45) is 3.42. The molecule has 0 bridgehead atoms. The van der Waals surface area contributed by atoms with E-state index in [-0.39, 0.29) is 53.2 Å². The molecule has 0 unspecified atom stereocenters. The highest BCUT2D eigenvalue weighted by atomic mass is 19.1. The number of anilines is 1. The zero-order valence-electron chi connectivity index (χ0n) is 26.8. The van der Waals surface area contributed by atoms with Gasteiger partial charge in [0.25, 0.3) is 0 Å². The maximum absolute atomic E-state index is 17.1. The van der Waals surface area contributed by atoms with Gasteiger partial charge in [-0.1, -0.05) is 45.0 Å². The molecule has 242 valence electrons. The van der Waals surface area contributed by atoms with Crippen LogP contribution in [-0.2, 0) is 12.8 Å². The molecule has 0 spiro atoms. The summed E-state index contributed by atoms with van der Waals surface area (Å²) in [4.78, 5) is 19.3. The van der Waals surface area contributed by atoms with Crippen molar-refractivity contribution in [1.82, 2.24) is 25.2 Å². The zero-order valence-corrected chi connectivity index (χ0v) is 26.8. The van der Waals surface area contributed by atoms with E-state index in [0.717, 1.165) is 43.4 Å². The summed E-state index contributed by atoms with van der Waals surface area (Å²) in [5.74, 6) is -0.0402. The van der Waals surface area contributed by atoms with E-state index in [4.69, 9.17) is 19.7 Å². The lowest BCUT2D eigenvalue weighted by molar-refractivity contribution is 0.107. The number of aromatic nitrogens is 3. The van der Waals surface area contributed by atoms with Crippen LogP contribution in [0.25, 0.3) is 32.9 Å². The van der Waals surface area contributed by atoms with Gasteiger partial charge in [0.2, 0.25) is 0 Å². The third-order valence-electron chi connectivity index (χ3n) is 11.1. The third-order valence-corrected chi connectivity index (χ3v) is 11.1. The third kappa shape index (κ3) is 4.58. The average molecular weight is 631 g/mol. The van der Waals surface area contributed by atoms with Crippen LogP contribution < -0.4 is 15.0 Å². The number of hydrogen-bond acceptors (Lipinski definition) is 7. The highest BCUT2D eigenvalue weighted by Gasteiger charge is 2.49. The van der Waals surface area contributed by atoms with Crippen LogP contribution in [0.15, 0.2) is 30.3 Å². The lowest BCUT2D eigenvalue weighted by atomic mass is 9.87. The Kier molecular flexibility index (Phi) is 7.36. The van der Waals surface area contributed by atoms with Crippen molar-refractivity contribution in [2.24, 2.45) is 5.92 Å². The maximum atomic E-state index is 17.1. The number of nitrogens with one attached hydrogen (secondary N) is 1. The highest BCUT2D eigenvalue weighted by Crippen LogP contribution is 2.44. The molecule has 4 aromatic rings. The molecule has 0 aliphatic carbocycles. The first-order valence-electron chi connectivity index (χ1n) is 16.9. The van der Waals surface area contributed by atoms with Crippen LogP contribution in [0.4, 0.5) is 19.0 Å². The number of halogens is 3. The van der Waals surface area contributed by atoms with Gasteiger partial charge in [-0.15, -0.1) is 0 Å². The number of fused-ring (bicyclic) bond motifs is 4. The normalized spacial score (nSPS) is 27.7. The molecule has 46 heavy (non-hydrogen) atoms. The molecule has 5 atom stereocenters. The molecular weight excluding hydrogens is 589 g/mol. The predicted octanol–water partition coefficient (Wildman–Crippen LogP) is 6.39. The van der Waals surface area contributed by atoms with Gasteiger partial charge in [-0.3, -0.25) is 4.90 Å². The van der Waals surface area contributed by atoms with E-state index < -0.39 is 12.0 Å². The highest BCUT2D eigenvalue weighted by molar-refractivity contribution is 6.01. The molecule has 0 radical (unpaired) electrons. The summed E-state index contributed by atoms with van der Waals surface area (Å²) in [7, 11) is 0. The minimum Gasteiger partial charge on any atom is -0.461 e. The maximum Gasteiger partial charge on any atom is 0.319 e. The van der Waals surface area contributed by atoms with Crippen molar-refractivity contribution in [3.63, 3.8) is 0 Å². The minimum atomic E-state index is -0.882. The Morgan fingerprint density at radius 2 is 1.93 bits per heavy atom. The second kappa shape index (κ2) is 11.3. The Balaban J connectivity index is 1.33. The summed E-state index contributed by atoms with van der Waals surface area (Å²) in [6, 6.07) is 9.28. The topological polar surface area (TPSA) is 66.4 Å². The summed E-state index contributed by atoms with van der Waals surface area (Å²) >= 11 is 0. The largest absolute Gasteiger partial charge is 0.461 e. The summed E-state index contributed by atoms with van der Waals surface area (Å²) in [5, 5.41) is 5.81.